The van der Waals surface area contributed by atoms with Gasteiger partial charge in [0.1, 0.15) is 5.56 Å². The van der Waals surface area contributed by atoms with Crippen LogP contribution < -0.4 is 0 Å². The summed E-state index contributed by atoms with van der Waals surface area (Å²) in [6.45, 7) is 7.15. The van der Waals surface area contributed by atoms with Crippen molar-refractivity contribution in [1.82, 2.24) is 24.4 Å². The van der Waals surface area contributed by atoms with E-state index in [1.54, 1.807) is 21.4 Å². The highest BCUT2D eigenvalue weighted by Gasteiger charge is 2.50. The van der Waals surface area contributed by atoms with E-state index < -0.39 is 5.60 Å². The minimum atomic E-state index is -0.586. The van der Waals surface area contributed by atoms with E-state index in [9.17, 15) is 9.59 Å². The summed E-state index contributed by atoms with van der Waals surface area (Å²) in [7, 11) is 1.71. The molecule has 0 bridgehead atoms. The van der Waals surface area contributed by atoms with E-state index in [0.717, 1.165) is 11.4 Å². The number of ether oxygens (including phenoxy) is 1. The Bertz CT molecular complexity index is 905. The Labute approximate surface area is 145 Å². The molecular weight excluding hydrogens is 322 g/mol. The summed E-state index contributed by atoms with van der Waals surface area (Å²) >= 11 is 0. The molecular formula is C17H21N5O3. The quantitative estimate of drug-likeness (QED) is 0.780. The summed E-state index contributed by atoms with van der Waals surface area (Å²) in [6, 6.07) is 1.94. The monoisotopic (exact) mass is 343 g/mol. The van der Waals surface area contributed by atoms with Gasteiger partial charge in [-0.15, -0.1) is 0 Å². The molecule has 0 aromatic carbocycles. The number of aryl methyl sites for hydroxylation is 3. The fraction of sp³-hybridized carbons (Fsp3) is 0.529. The zero-order chi connectivity index (χ0) is 17.9. The summed E-state index contributed by atoms with van der Waals surface area (Å²) < 4.78 is 7.25. The molecule has 2 fully saturated rings. The summed E-state index contributed by atoms with van der Waals surface area (Å²) in [4.78, 5) is 32.7. The van der Waals surface area contributed by atoms with Gasteiger partial charge in [-0.25, -0.2) is 14.3 Å². The number of likely N-dealkylation sites (N-methyl/N-ethyl adjacent to an activating group) is 1. The van der Waals surface area contributed by atoms with Crippen molar-refractivity contribution in [3.63, 3.8) is 0 Å². The van der Waals surface area contributed by atoms with Crippen LogP contribution in [-0.2, 0) is 4.74 Å². The van der Waals surface area contributed by atoms with Gasteiger partial charge in [0.25, 0.3) is 5.91 Å². The molecule has 8 heteroatoms. The number of fused-ring (bicyclic) bond motifs is 1. The van der Waals surface area contributed by atoms with Crippen LogP contribution >= 0.6 is 0 Å². The predicted octanol–water partition coefficient (Wildman–Crippen LogP) is 1.32. The Hall–Kier alpha value is -2.64. The highest BCUT2D eigenvalue weighted by atomic mass is 16.6. The van der Waals surface area contributed by atoms with Crippen molar-refractivity contribution in [2.24, 2.45) is 0 Å². The smallest absolute Gasteiger partial charge is 0.410 e. The maximum atomic E-state index is 13.1. The van der Waals surface area contributed by atoms with Gasteiger partial charge in [0.05, 0.1) is 18.8 Å². The van der Waals surface area contributed by atoms with Crippen LogP contribution in [0.25, 0.3) is 5.65 Å². The molecule has 2 aromatic heterocycles. The number of carbonyl (C=O) groups excluding carboxylic acids is 2. The molecule has 0 saturated carbocycles. The van der Waals surface area contributed by atoms with Crippen LogP contribution in [0, 0.1) is 20.8 Å². The number of nitrogens with zero attached hydrogens (tertiary/aromatic N) is 5. The van der Waals surface area contributed by atoms with Crippen LogP contribution in [0.1, 0.15) is 33.9 Å². The molecule has 1 atom stereocenters. The zero-order valence-corrected chi connectivity index (χ0v) is 14.9. The lowest BCUT2D eigenvalue weighted by Crippen LogP contribution is -2.39. The van der Waals surface area contributed by atoms with Crippen LogP contribution in [-0.4, -0.2) is 68.7 Å². The summed E-state index contributed by atoms with van der Waals surface area (Å²) in [6.07, 6.45) is 0.327. The van der Waals surface area contributed by atoms with E-state index in [2.05, 4.69) is 10.1 Å². The molecule has 0 unspecified atom stereocenters. The number of hydrogen-bond acceptors (Lipinski definition) is 5. The Morgan fingerprint density at radius 3 is 2.72 bits per heavy atom. The Morgan fingerprint density at radius 1 is 1.28 bits per heavy atom. The molecule has 2 aliphatic heterocycles. The second-order valence-electron chi connectivity index (χ2n) is 7.12. The Balaban J connectivity index is 1.68. The molecule has 0 aliphatic carbocycles. The lowest BCUT2D eigenvalue weighted by Gasteiger charge is -2.21. The van der Waals surface area contributed by atoms with Gasteiger partial charge < -0.3 is 14.5 Å². The number of carbonyl (C=O) groups is 2. The zero-order valence-electron chi connectivity index (χ0n) is 14.9. The van der Waals surface area contributed by atoms with Gasteiger partial charge in [0.15, 0.2) is 11.2 Å². The third-order valence-electron chi connectivity index (χ3n) is 5.03. The minimum Gasteiger partial charge on any atom is -0.439 e. The largest absolute Gasteiger partial charge is 0.439 e. The maximum absolute atomic E-state index is 13.1. The molecule has 2 aromatic rings. The van der Waals surface area contributed by atoms with Crippen molar-refractivity contribution in [3.05, 3.63) is 28.7 Å². The molecule has 25 heavy (non-hydrogen) atoms. The Kier molecular flexibility index (Phi) is 3.28. The molecule has 4 heterocycles. The molecule has 2 aliphatic rings. The highest BCUT2D eigenvalue weighted by Crippen LogP contribution is 2.33. The van der Waals surface area contributed by atoms with Gasteiger partial charge >= 0.3 is 6.09 Å². The Morgan fingerprint density at radius 2 is 2.04 bits per heavy atom. The van der Waals surface area contributed by atoms with Crippen LogP contribution in [0.4, 0.5) is 4.79 Å². The second-order valence-corrected chi connectivity index (χ2v) is 7.12. The molecule has 0 radical (unpaired) electrons. The fourth-order valence-corrected chi connectivity index (χ4v) is 3.86. The van der Waals surface area contributed by atoms with Crippen LogP contribution in [0.2, 0.25) is 0 Å². The molecule has 2 saturated heterocycles. The van der Waals surface area contributed by atoms with E-state index >= 15 is 0 Å². The second kappa shape index (κ2) is 5.18. The molecule has 0 N–H and O–H groups in total. The summed E-state index contributed by atoms with van der Waals surface area (Å²) in [5, 5.41) is 4.47. The minimum absolute atomic E-state index is 0.104. The van der Waals surface area contributed by atoms with Gasteiger partial charge in [0.2, 0.25) is 0 Å². The standard InChI is InChI=1S/C17H21N5O3/c1-10-7-11(2)22-14(18-10)13(12(3)19-22)15(23)21-6-5-17(9-21)8-20(4)16(24)25-17/h7H,5-6,8-9H2,1-4H3/t17-/m0/s1. The molecule has 1 spiro atoms. The molecule has 132 valence electrons. The average Bonchev–Trinajstić information content (AvgIpc) is 3.16. The summed E-state index contributed by atoms with van der Waals surface area (Å²) in [5.74, 6) is -0.104. The van der Waals surface area contributed by atoms with Crippen molar-refractivity contribution in [3.8, 4) is 0 Å². The topological polar surface area (TPSA) is 80.0 Å². The maximum Gasteiger partial charge on any atom is 0.410 e. The van der Waals surface area contributed by atoms with Crippen molar-refractivity contribution in [2.75, 3.05) is 26.7 Å². The first-order valence-electron chi connectivity index (χ1n) is 8.37. The first kappa shape index (κ1) is 15.9. The molecule has 8 nitrogen and oxygen atoms in total. The van der Waals surface area contributed by atoms with Crippen molar-refractivity contribution >= 4 is 17.6 Å². The number of aromatic nitrogens is 3. The SMILES string of the molecule is Cc1cc(C)n2nc(C)c(C(=O)N3CC[C@]4(CN(C)C(=O)O4)C3)c2n1. The third-order valence-corrected chi connectivity index (χ3v) is 5.03. The van der Waals surface area contributed by atoms with Crippen molar-refractivity contribution < 1.29 is 14.3 Å². The molecule has 4 rings (SSSR count). The number of amides is 2. The van der Waals surface area contributed by atoms with E-state index in [1.165, 1.54) is 0 Å². The van der Waals surface area contributed by atoms with Gasteiger partial charge in [-0.05, 0) is 26.8 Å². The van der Waals surface area contributed by atoms with Gasteiger partial charge in [-0.3, -0.25) is 4.79 Å². The van der Waals surface area contributed by atoms with Crippen LogP contribution in [0.15, 0.2) is 6.07 Å². The summed E-state index contributed by atoms with van der Waals surface area (Å²) in [5.41, 5.74) is 2.98. The van der Waals surface area contributed by atoms with Crippen molar-refractivity contribution in [2.45, 2.75) is 32.8 Å². The average molecular weight is 343 g/mol. The van der Waals surface area contributed by atoms with E-state index in [0.29, 0.717) is 43.0 Å². The number of likely N-dealkylation sites (tertiary alicyclic amines) is 1. The van der Waals surface area contributed by atoms with E-state index in [-0.39, 0.29) is 12.0 Å². The van der Waals surface area contributed by atoms with Gasteiger partial charge in [-0.2, -0.15) is 5.10 Å². The van der Waals surface area contributed by atoms with E-state index in [1.807, 2.05) is 26.8 Å². The van der Waals surface area contributed by atoms with E-state index in [4.69, 9.17) is 4.74 Å². The fourth-order valence-electron chi connectivity index (χ4n) is 3.86. The third kappa shape index (κ3) is 2.35. The van der Waals surface area contributed by atoms with Crippen molar-refractivity contribution in [1.29, 1.82) is 0 Å². The van der Waals surface area contributed by atoms with Crippen LogP contribution in [0.5, 0.6) is 0 Å². The number of hydrogen-bond donors (Lipinski definition) is 0. The van der Waals surface area contributed by atoms with Gasteiger partial charge in [0, 0.05) is 31.4 Å². The lowest BCUT2D eigenvalue weighted by atomic mass is 10.0. The highest BCUT2D eigenvalue weighted by molar-refractivity contribution is 6.01. The first-order chi connectivity index (χ1) is 11.8. The number of rotatable bonds is 1. The first-order valence-corrected chi connectivity index (χ1v) is 8.37. The van der Waals surface area contributed by atoms with Gasteiger partial charge in [-0.1, -0.05) is 0 Å². The lowest BCUT2D eigenvalue weighted by molar-refractivity contribution is 0.0553. The van der Waals surface area contributed by atoms with Crippen LogP contribution in [0.3, 0.4) is 0 Å². The normalized spacial score (nSPS) is 23.1. The predicted molar refractivity (Wildman–Crippen MR) is 89.6 cm³/mol. The molecule has 2 amide bonds.